The molecule has 7 heteroatoms. The number of urea groups is 1. The first kappa shape index (κ1) is 15.6. The van der Waals surface area contributed by atoms with Crippen LogP contribution in [0.1, 0.15) is 10.4 Å². The zero-order valence-electron chi connectivity index (χ0n) is 12.0. The average Bonchev–Trinajstić information content (AvgIpc) is 2.43. The molecular weight excluding hydrogens is 258 g/mol. The monoisotopic (exact) mass is 279 g/mol. The molecule has 0 atom stereocenters. The van der Waals surface area contributed by atoms with E-state index >= 15 is 0 Å². The van der Waals surface area contributed by atoms with E-state index < -0.39 is 0 Å². The summed E-state index contributed by atoms with van der Waals surface area (Å²) in [6.45, 7) is 0.974. The second-order valence-electron chi connectivity index (χ2n) is 4.43. The minimum Gasteiger partial charge on any atom is -0.397 e. The molecule has 5 N–H and O–H groups in total. The number of nitrogens with two attached hydrogens (primary N) is 1. The van der Waals surface area contributed by atoms with Crippen LogP contribution in [0.25, 0.3) is 0 Å². The van der Waals surface area contributed by atoms with Gasteiger partial charge in [-0.05, 0) is 18.2 Å². The fraction of sp³-hybridized carbons (Fsp3) is 0.385. The van der Waals surface area contributed by atoms with Crippen LogP contribution in [0.2, 0.25) is 0 Å². The Balaban J connectivity index is 2.55. The minimum atomic E-state index is -0.172. The van der Waals surface area contributed by atoms with Crippen LogP contribution in [0, 0.1) is 0 Å². The summed E-state index contributed by atoms with van der Waals surface area (Å²) in [4.78, 5) is 24.3. The van der Waals surface area contributed by atoms with E-state index in [0.717, 1.165) is 0 Å². The van der Waals surface area contributed by atoms with Crippen molar-refractivity contribution < 1.29 is 9.59 Å². The highest BCUT2D eigenvalue weighted by molar-refractivity contribution is 5.96. The second-order valence-corrected chi connectivity index (χ2v) is 4.43. The lowest BCUT2D eigenvalue weighted by Crippen LogP contribution is -2.37. The van der Waals surface area contributed by atoms with Crippen molar-refractivity contribution in [3.8, 4) is 0 Å². The molecule has 0 aromatic heterocycles. The van der Waals surface area contributed by atoms with Gasteiger partial charge in [-0.1, -0.05) is 0 Å². The number of nitrogens with zero attached hydrogens (tertiary/aromatic N) is 1. The molecule has 0 aliphatic carbocycles. The smallest absolute Gasteiger partial charge is 0.316 e. The normalized spacial score (nSPS) is 9.75. The van der Waals surface area contributed by atoms with Crippen LogP contribution in [0.4, 0.5) is 16.2 Å². The lowest BCUT2D eigenvalue weighted by molar-refractivity contribution is 0.0963. The van der Waals surface area contributed by atoms with Gasteiger partial charge in [0.15, 0.2) is 0 Å². The van der Waals surface area contributed by atoms with Gasteiger partial charge in [0, 0.05) is 39.8 Å². The van der Waals surface area contributed by atoms with Crippen molar-refractivity contribution in [1.29, 1.82) is 0 Å². The quantitative estimate of drug-likeness (QED) is 0.460. The Morgan fingerprint density at radius 1 is 1.25 bits per heavy atom. The number of carbonyl (C=O) groups is 2. The summed E-state index contributed by atoms with van der Waals surface area (Å²) in [5.41, 5.74) is 7.58. The zero-order chi connectivity index (χ0) is 15.1. The Hall–Kier alpha value is -2.44. The third-order valence-corrected chi connectivity index (χ3v) is 2.67. The van der Waals surface area contributed by atoms with Crippen LogP contribution in [0.5, 0.6) is 0 Å². The van der Waals surface area contributed by atoms with E-state index in [2.05, 4.69) is 16.0 Å². The van der Waals surface area contributed by atoms with Gasteiger partial charge in [0.05, 0.1) is 11.4 Å². The Labute approximate surface area is 118 Å². The minimum absolute atomic E-state index is 0.154. The maximum atomic E-state index is 11.5. The molecule has 0 aliphatic rings. The fourth-order valence-electron chi connectivity index (χ4n) is 1.52. The van der Waals surface area contributed by atoms with Gasteiger partial charge in [0.1, 0.15) is 0 Å². The predicted octanol–water partition coefficient (Wildman–Crippen LogP) is 0.312. The molecule has 0 radical (unpaired) electrons. The van der Waals surface area contributed by atoms with Gasteiger partial charge < -0.3 is 26.6 Å². The van der Waals surface area contributed by atoms with Gasteiger partial charge in [-0.15, -0.1) is 0 Å². The van der Waals surface area contributed by atoms with Gasteiger partial charge in [-0.3, -0.25) is 4.79 Å². The lowest BCUT2D eigenvalue weighted by atomic mass is 10.1. The molecule has 3 amide bonds. The maximum Gasteiger partial charge on any atom is 0.316 e. The van der Waals surface area contributed by atoms with Crippen molar-refractivity contribution in [2.45, 2.75) is 0 Å². The van der Waals surface area contributed by atoms with E-state index in [9.17, 15) is 9.59 Å². The molecule has 0 bridgehead atoms. The first-order valence-electron chi connectivity index (χ1n) is 6.26. The maximum absolute atomic E-state index is 11.5. The third-order valence-electron chi connectivity index (χ3n) is 2.67. The predicted molar refractivity (Wildman–Crippen MR) is 79.8 cm³/mol. The van der Waals surface area contributed by atoms with Crippen LogP contribution in [-0.4, -0.2) is 51.1 Å². The highest BCUT2D eigenvalue weighted by Crippen LogP contribution is 2.19. The second kappa shape index (κ2) is 7.22. The van der Waals surface area contributed by atoms with E-state index in [1.54, 1.807) is 39.3 Å². The number of rotatable bonds is 5. The number of anilines is 2. The molecule has 0 heterocycles. The van der Waals surface area contributed by atoms with E-state index in [0.29, 0.717) is 30.0 Å². The summed E-state index contributed by atoms with van der Waals surface area (Å²) < 4.78 is 0. The molecule has 20 heavy (non-hydrogen) atoms. The van der Waals surface area contributed by atoms with E-state index in [4.69, 9.17) is 5.73 Å². The zero-order valence-corrected chi connectivity index (χ0v) is 12.0. The topological polar surface area (TPSA) is 99.5 Å². The lowest BCUT2D eigenvalue weighted by Gasteiger charge is -2.14. The molecule has 0 saturated carbocycles. The summed E-state index contributed by atoms with van der Waals surface area (Å²) in [6, 6.07) is 4.86. The molecule has 0 aliphatic heterocycles. The largest absolute Gasteiger partial charge is 0.397 e. The summed E-state index contributed by atoms with van der Waals surface area (Å²) in [7, 11) is 4.92. The molecule has 0 fully saturated rings. The number of carbonyl (C=O) groups excluding carboxylic acids is 2. The van der Waals surface area contributed by atoms with Crippen LogP contribution < -0.4 is 21.7 Å². The van der Waals surface area contributed by atoms with Gasteiger partial charge >= 0.3 is 6.03 Å². The number of nitrogen functional groups attached to an aromatic ring is 1. The van der Waals surface area contributed by atoms with Crippen LogP contribution in [-0.2, 0) is 0 Å². The molecular formula is C13H21N5O2. The van der Waals surface area contributed by atoms with Crippen molar-refractivity contribution in [2.75, 3.05) is 45.3 Å². The average molecular weight is 279 g/mol. The molecule has 0 unspecified atom stereocenters. The van der Waals surface area contributed by atoms with Crippen molar-refractivity contribution in [3.05, 3.63) is 23.8 Å². The number of nitrogens with one attached hydrogen (secondary N) is 3. The highest BCUT2D eigenvalue weighted by atomic mass is 16.2. The van der Waals surface area contributed by atoms with Crippen LogP contribution in [0.3, 0.4) is 0 Å². The molecule has 0 saturated heterocycles. The number of benzene rings is 1. The number of hydrogen-bond donors (Lipinski definition) is 4. The molecule has 110 valence electrons. The number of hydrogen-bond acceptors (Lipinski definition) is 4. The summed E-state index contributed by atoms with van der Waals surface area (Å²) in [6.07, 6.45) is 0. The molecule has 1 rings (SSSR count). The van der Waals surface area contributed by atoms with Crippen molar-refractivity contribution in [3.63, 3.8) is 0 Å². The van der Waals surface area contributed by atoms with E-state index in [1.165, 1.54) is 4.90 Å². The Morgan fingerprint density at radius 2 is 1.95 bits per heavy atom. The standard InChI is InChI=1S/C13H21N5O2/c1-15-12(19)9-4-5-10(14)11(8-9)16-6-7-17-13(20)18(2)3/h4-5,8,16H,6-7,14H2,1-3H3,(H,15,19)(H,17,20). The Kier molecular flexibility index (Phi) is 5.64. The summed E-state index contributed by atoms with van der Waals surface area (Å²) in [5, 5.41) is 8.37. The molecule has 1 aromatic carbocycles. The SMILES string of the molecule is CNC(=O)c1ccc(N)c(NCCNC(=O)N(C)C)c1. The fourth-order valence-corrected chi connectivity index (χ4v) is 1.52. The molecule has 1 aromatic rings. The summed E-state index contributed by atoms with van der Waals surface area (Å²) in [5.74, 6) is -0.172. The first-order chi connectivity index (χ1) is 9.45. The first-order valence-corrected chi connectivity index (χ1v) is 6.26. The van der Waals surface area contributed by atoms with Crippen LogP contribution >= 0.6 is 0 Å². The van der Waals surface area contributed by atoms with Gasteiger partial charge in [-0.2, -0.15) is 0 Å². The summed E-state index contributed by atoms with van der Waals surface area (Å²) >= 11 is 0. The Bertz CT molecular complexity index is 488. The van der Waals surface area contributed by atoms with Gasteiger partial charge in [0.25, 0.3) is 5.91 Å². The van der Waals surface area contributed by atoms with Crippen LogP contribution in [0.15, 0.2) is 18.2 Å². The number of amides is 3. The highest BCUT2D eigenvalue weighted by Gasteiger charge is 2.07. The van der Waals surface area contributed by atoms with Gasteiger partial charge in [-0.25, -0.2) is 4.79 Å². The van der Waals surface area contributed by atoms with Gasteiger partial charge in [0.2, 0.25) is 0 Å². The molecule has 0 spiro atoms. The molecule has 7 nitrogen and oxygen atoms in total. The van der Waals surface area contributed by atoms with Crippen molar-refractivity contribution in [2.24, 2.45) is 0 Å². The Morgan fingerprint density at radius 3 is 2.55 bits per heavy atom. The van der Waals surface area contributed by atoms with E-state index in [1.807, 2.05) is 0 Å². The third kappa shape index (κ3) is 4.34. The van der Waals surface area contributed by atoms with E-state index in [-0.39, 0.29) is 11.9 Å². The van der Waals surface area contributed by atoms with Crippen molar-refractivity contribution in [1.82, 2.24) is 15.5 Å². The van der Waals surface area contributed by atoms with Crippen molar-refractivity contribution >= 4 is 23.3 Å².